The fourth-order valence-electron chi connectivity index (χ4n) is 2.43. The summed E-state index contributed by atoms with van der Waals surface area (Å²) in [5.41, 5.74) is 0.685. The number of nitrogens with zero attached hydrogens (tertiary/aromatic N) is 1. The second-order valence-corrected chi connectivity index (χ2v) is 8.11. The van der Waals surface area contributed by atoms with Crippen LogP contribution in [-0.2, 0) is 10.0 Å². The van der Waals surface area contributed by atoms with Crippen LogP contribution in [0, 0.1) is 0 Å². The summed E-state index contributed by atoms with van der Waals surface area (Å²) in [4.78, 5) is 12.3. The Morgan fingerprint density at radius 1 is 1.12 bits per heavy atom. The topological polar surface area (TPSA) is 63.7 Å². The maximum atomic E-state index is 12.3. The number of carbonyl (C=O) groups is 1. The average Bonchev–Trinajstić information content (AvgIpc) is 2.89. The lowest BCUT2D eigenvalue weighted by Gasteiger charge is -2.17. The molecule has 1 aliphatic rings. The van der Waals surface area contributed by atoms with Crippen molar-refractivity contribution in [1.29, 1.82) is 0 Å². The lowest BCUT2D eigenvalue weighted by atomic mass is 10.2. The van der Waals surface area contributed by atoms with Crippen molar-refractivity contribution in [3.63, 3.8) is 0 Å². The van der Waals surface area contributed by atoms with Crippen LogP contribution in [0.25, 0.3) is 0 Å². The summed E-state index contributed by atoms with van der Waals surface area (Å²) in [6.07, 6.45) is 0.567. The van der Waals surface area contributed by atoms with Crippen LogP contribution in [0.15, 0.2) is 42.5 Å². The van der Waals surface area contributed by atoms with Gasteiger partial charge in [0.25, 0.3) is 0 Å². The lowest BCUT2D eigenvalue weighted by Crippen LogP contribution is -2.25. The summed E-state index contributed by atoms with van der Waals surface area (Å²) >= 11 is 11.8. The molecule has 2 aromatic carbocycles. The van der Waals surface area contributed by atoms with Gasteiger partial charge >= 0.3 is 5.97 Å². The smallest absolute Gasteiger partial charge is 0.343 e. The van der Waals surface area contributed by atoms with Crippen molar-refractivity contribution < 1.29 is 17.9 Å². The lowest BCUT2D eigenvalue weighted by molar-refractivity contribution is 0.0735. The minimum Gasteiger partial charge on any atom is -0.421 e. The molecule has 0 bridgehead atoms. The fraction of sp³-hybridized carbons (Fsp3) is 0.188. The van der Waals surface area contributed by atoms with Gasteiger partial charge in [-0.1, -0.05) is 29.3 Å². The molecule has 24 heavy (non-hydrogen) atoms. The number of hydrogen-bond acceptors (Lipinski definition) is 4. The fourth-order valence-corrected chi connectivity index (χ4v) is 4.44. The number of benzene rings is 2. The van der Waals surface area contributed by atoms with Crippen LogP contribution >= 0.6 is 23.2 Å². The molecule has 0 aromatic heterocycles. The van der Waals surface area contributed by atoms with Crippen LogP contribution in [-0.4, -0.2) is 26.7 Å². The van der Waals surface area contributed by atoms with E-state index in [1.54, 1.807) is 24.3 Å². The van der Waals surface area contributed by atoms with Crippen LogP contribution < -0.4 is 9.04 Å². The second-order valence-electron chi connectivity index (χ2n) is 5.26. The predicted octanol–water partition coefficient (Wildman–Crippen LogP) is 3.75. The van der Waals surface area contributed by atoms with Gasteiger partial charge in [-0.25, -0.2) is 13.2 Å². The SMILES string of the molecule is O=C(Oc1ccc(Cl)cc1Cl)c1cccc(N2CCCS2(=O)=O)c1. The summed E-state index contributed by atoms with van der Waals surface area (Å²) < 4.78 is 30.5. The molecule has 0 atom stereocenters. The zero-order valence-electron chi connectivity index (χ0n) is 12.4. The van der Waals surface area contributed by atoms with Gasteiger partial charge in [0.15, 0.2) is 0 Å². The number of anilines is 1. The first-order valence-corrected chi connectivity index (χ1v) is 9.51. The highest BCUT2D eigenvalue weighted by Gasteiger charge is 2.28. The van der Waals surface area contributed by atoms with Gasteiger partial charge in [-0.15, -0.1) is 0 Å². The monoisotopic (exact) mass is 385 g/mol. The van der Waals surface area contributed by atoms with Crippen LogP contribution in [0.3, 0.4) is 0 Å². The molecule has 0 unspecified atom stereocenters. The van der Waals surface area contributed by atoms with Gasteiger partial charge in [0.1, 0.15) is 5.75 Å². The Balaban J connectivity index is 1.84. The molecule has 1 fully saturated rings. The zero-order valence-corrected chi connectivity index (χ0v) is 14.7. The average molecular weight is 386 g/mol. The third-order valence-electron chi connectivity index (χ3n) is 3.57. The Labute approximate surface area is 149 Å². The van der Waals surface area contributed by atoms with E-state index in [4.69, 9.17) is 27.9 Å². The number of carbonyl (C=O) groups excluding carboxylic acids is 1. The van der Waals surface area contributed by atoms with Crippen molar-refractivity contribution in [1.82, 2.24) is 0 Å². The standard InChI is InChI=1S/C16H13Cl2NO4S/c17-12-5-6-15(14(18)10-12)23-16(20)11-3-1-4-13(9-11)19-7-2-8-24(19,21)22/h1,3-6,9-10H,2,7-8H2. The third-order valence-corrected chi connectivity index (χ3v) is 5.97. The molecule has 126 valence electrons. The van der Waals surface area contributed by atoms with Gasteiger partial charge < -0.3 is 4.74 Å². The van der Waals surface area contributed by atoms with Gasteiger partial charge in [-0.05, 0) is 42.8 Å². The summed E-state index contributed by atoms with van der Waals surface area (Å²) in [6.45, 7) is 0.407. The highest BCUT2D eigenvalue weighted by molar-refractivity contribution is 7.93. The minimum absolute atomic E-state index is 0.113. The van der Waals surface area contributed by atoms with E-state index in [1.165, 1.54) is 22.5 Å². The summed E-state index contributed by atoms with van der Waals surface area (Å²) in [5, 5.41) is 0.648. The normalized spacial score (nSPS) is 16.2. The Morgan fingerprint density at radius 2 is 1.92 bits per heavy atom. The molecular weight excluding hydrogens is 373 g/mol. The van der Waals surface area contributed by atoms with Gasteiger partial charge in [-0.3, -0.25) is 4.31 Å². The molecule has 0 spiro atoms. The van der Waals surface area contributed by atoms with Crippen LogP contribution in [0.1, 0.15) is 16.8 Å². The van der Waals surface area contributed by atoms with E-state index in [-0.39, 0.29) is 22.1 Å². The quantitative estimate of drug-likeness (QED) is 0.595. The Bertz CT molecular complexity index is 899. The molecule has 1 saturated heterocycles. The third kappa shape index (κ3) is 3.50. The first-order valence-electron chi connectivity index (χ1n) is 7.14. The summed E-state index contributed by atoms with van der Waals surface area (Å²) in [7, 11) is -3.31. The first kappa shape index (κ1) is 17.1. The molecule has 5 nitrogen and oxygen atoms in total. The molecule has 1 aliphatic heterocycles. The number of sulfonamides is 1. The molecule has 0 saturated carbocycles. The maximum Gasteiger partial charge on any atom is 0.343 e. The molecule has 1 heterocycles. The largest absolute Gasteiger partial charge is 0.421 e. The van der Waals surface area contributed by atoms with Crippen molar-refractivity contribution >= 4 is 44.9 Å². The van der Waals surface area contributed by atoms with Gasteiger partial charge in [-0.2, -0.15) is 0 Å². The maximum absolute atomic E-state index is 12.3. The first-order chi connectivity index (χ1) is 11.4. The number of esters is 1. The molecule has 0 radical (unpaired) electrons. The van der Waals surface area contributed by atoms with Crippen LogP contribution in [0.2, 0.25) is 10.0 Å². The zero-order chi connectivity index (χ0) is 17.3. The molecular formula is C16H13Cl2NO4S. The van der Waals surface area contributed by atoms with Gasteiger partial charge in [0.2, 0.25) is 10.0 Å². The minimum atomic E-state index is -3.31. The van der Waals surface area contributed by atoms with Crippen molar-refractivity contribution in [3.05, 3.63) is 58.1 Å². The van der Waals surface area contributed by atoms with E-state index in [0.29, 0.717) is 23.7 Å². The highest BCUT2D eigenvalue weighted by atomic mass is 35.5. The number of rotatable bonds is 3. The van der Waals surface area contributed by atoms with E-state index in [9.17, 15) is 13.2 Å². The molecule has 0 N–H and O–H groups in total. The molecule has 8 heteroatoms. The Hall–Kier alpha value is -1.76. The van der Waals surface area contributed by atoms with Gasteiger partial charge in [0, 0.05) is 11.6 Å². The van der Waals surface area contributed by atoms with E-state index >= 15 is 0 Å². The molecule has 3 rings (SSSR count). The van der Waals surface area contributed by atoms with Crippen molar-refractivity contribution in [2.45, 2.75) is 6.42 Å². The van der Waals surface area contributed by atoms with E-state index in [0.717, 1.165) is 0 Å². The molecule has 2 aromatic rings. The Kier molecular flexibility index (Phi) is 4.71. The van der Waals surface area contributed by atoms with E-state index in [2.05, 4.69) is 0 Å². The van der Waals surface area contributed by atoms with Gasteiger partial charge in [0.05, 0.1) is 22.0 Å². The highest BCUT2D eigenvalue weighted by Crippen LogP contribution is 2.29. The van der Waals surface area contributed by atoms with Crippen LogP contribution in [0.4, 0.5) is 5.69 Å². The summed E-state index contributed by atoms with van der Waals surface area (Å²) in [6, 6.07) is 10.8. The molecule has 0 aliphatic carbocycles. The van der Waals surface area contributed by atoms with E-state index < -0.39 is 16.0 Å². The Morgan fingerprint density at radius 3 is 2.58 bits per heavy atom. The number of hydrogen-bond donors (Lipinski definition) is 0. The van der Waals surface area contributed by atoms with E-state index in [1.807, 2.05) is 0 Å². The van der Waals surface area contributed by atoms with Crippen molar-refractivity contribution in [2.24, 2.45) is 0 Å². The second kappa shape index (κ2) is 6.63. The number of halogens is 2. The molecule has 0 amide bonds. The van der Waals surface area contributed by atoms with Crippen LogP contribution in [0.5, 0.6) is 5.75 Å². The van der Waals surface area contributed by atoms with Crippen molar-refractivity contribution in [3.8, 4) is 5.75 Å². The number of ether oxygens (including phenoxy) is 1. The van der Waals surface area contributed by atoms with Crippen molar-refractivity contribution in [2.75, 3.05) is 16.6 Å². The summed E-state index contributed by atoms with van der Waals surface area (Å²) in [5.74, 6) is -0.329. The predicted molar refractivity (Wildman–Crippen MR) is 93.6 cm³/mol.